The van der Waals surface area contributed by atoms with Crippen molar-refractivity contribution in [2.24, 2.45) is 0 Å². The molecule has 1 N–H and O–H groups in total. The van der Waals surface area contributed by atoms with Gasteiger partial charge in [-0.05, 0) is 35.4 Å². The minimum absolute atomic E-state index is 0.399. The third kappa shape index (κ3) is 2.10. The standard InChI is InChI=1S/C13H14OS/c14-13-8-7-10-4-1-2-5-11(10)12(13)6-3-9-15/h1-2,4-5,7-8,14-15H,3,6,9H2. The monoisotopic (exact) mass is 218 g/mol. The minimum Gasteiger partial charge on any atom is -0.508 e. The van der Waals surface area contributed by atoms with Crippen molar-refractivity contribution in [3.63, 3.8) is 0 Å². The summed E-state index contributed by atoms with van der Waals surface area (Å²) in [7, 11) is 0. The molecule has 0 fully saturated rings. The molecule has 0 saturated heterocycles. The summed E-state index contributed by atoms with van der Waals surface area (Å²) in [4.78, 5) is 0. The van der Waals surface area contributed by atoms with E-state index in [2.05, 4.69) is 24.8 Å². The summed E-state index contributed by atoms with van der Waals surface area (Å²) < 4.78 is 0. The molecule has 0 heterocycles. The van der Waals surface area contributed by atoms with Crippen molar-refractivity contribution < 1.29 is 5.11 Å². The van der Waals surface area contributed by atoms with E-state index >= 15 is 0 Å². The summed E-state index contributed by atoms with van der Waals surface area (Å²) in [5.41, 5.74) is 1.04. The van der Waals surface area contributed by atoms with Crippen molar-refractivity contribution in [2.45, 2.75) is 12.8 Å². The van der Waals surface area contributed by atoms with Crippen LogP contribution in [0.4, 0.5) is 0 Å². The maximum atomic E-state index is 9.81. The molecule has 0 aliphatic heterocycles. The van der Waals surface area contributed by atoms with Crippen LogP contribution in [0.5, 0.6) is 5.75 Å². The van der Waals surface area contributed by atoms with Crippen molar-refractivity contribution in [1.82, 2.24) is 0 Å². The highest BCUT2D eigenvalue weighted by molar-refractivity contribution is 7.80. The van der Waals surface area contributed by atoms with Crippen molar-refractivity contribution in [3.8, 4) is 5.75 Å². The summed E-state index contributed by atoms with van der Waals surface area (Å²) in [6.45, 7) is 0. The molecule has 2 aromatic carbocycles. The molecular weight excluding hydrogens is 204 g/mol. The van der Waals surface area contributed by atoms with Crippen LogP contribution in [0.25, 0.3) is 10.8 Å². The zero-order valence-corrected chi connectivity index (χ0v) is 9.37. The summed E-state index contributed by atoms with van der Waals surface area (Å²) >= 11 is 4.20. The molecule has 2 aromatic rings. The quantitative estimate of drug-likeness (QED) is 0.756. The molecule has 1 nitrogen and oxygen atoms in total. The van der Waals surface area contributed by atoms with E-state index in [-0.39, 0.29) is 0 Å². The average Bonchev–Trinajstić information content (AvgIpc) is 2.28. The first-order chi connectivity index (χ1) is 7.33. The Morgan fingerprint density at radius 1 is 1.07 bits per heavy atom. The van der Waals surface area contributed by atoms with Gasteiger partial charge in [-0.25, -0.2) is 0 Å². The zero-order chi connectivity index (χ0) is 10.7. The Morgan fingerprint density at radius 2 is 1.87 bits per heavy atom. The van der Waals surface area contributed by atoms with Gasteiger partial charge in [0, 0.05) is 5.56 Å². The fourth-order valence-corrected chi connectivity index (χ4v) is 2.00. The Kier molecular flexibility index (Phi) is 3.17. The normalized spacial score (nSPS) is 10.7. The molecule has 0 unspecified atom stereocenters. The smallest absolute Gasteiger partial charge is 0.119 e. The van der Waals surface area contributed by atoms with Crippen molar-refractivity contribution >= 4 is 23.4 Å². The molecule has 78 valence electrons. The van der Waals surface area contributed by atoms with E-state index in [9.17, 15) is 5.11 Å². The number of phenols is 1. The number of hydrogen-bond donors (Lipinski definition) is 2. The van der Waals surface area contributed by atoms with E-state index in [1.807, 2.05) is 18.2 Å². The first-order valence-electron chi connectivity index (χ1n) is 5.13. The Morgan fingerprint density at radius 3 is 2.67 bits per heavy atom. The highest BCUT2D eigenvalue weighted by Gasteiger charge is 2.05. The summed E-state index contributed by atoms with van der Waals surface area (Å²) in [5, 5.41) is 12.1. The van der Waals surface area contributed by atoms with Crippen LogP contribution in [0.1, 0.15) is 12.0 Å². The van der Waals surface area contributed by atoms with Gasteiger partial charge in [-0.1, -0.05) is 30.3 Å². The van der Waals surface area contributed by atoms with E-state index in [0.717, 1.165) is 29.5 Å². The molecule has 0 aromatic heterocycles. The SMILES string of the molecule is Oc1ccc2ccccc2c1CCCS. The summed E-state index contributed by atoms with van der Waals surface area (Å²) in [5.74, 6) is 1.25. The van der Waals surface area contributed by atoms with E-state index in [1.54, 1.807) is 6.07 Å². The topological polar surface area (TPSA) is 20.2 Å². The second-order valence-corrected chi connectivity index (χ2v) is 4.06. The lowest BCUT2D eigenvalue weighted by molar-refractivity contribution is 0.469. The van der Waals surface area contributed by atoms with Gasteiger partial charge >= 0.3 is 0 Å². The Bertz CT molecular complexity index is 465. The van der Waals surface area contributed by atoms with Gasteiger partial charge in [0.15, 0.2) is 0 Å². The zero-order valence-electron chi connectivity index (χ0n) is 8.48. The maximum absolute atomic E-state index is 9.81. The number of hydrogen-bond acceptors (Lipinski definition) is 2. The van der Waals surface area contributed by atoms with Gasteiger partial charge in [-0.3, -0.25) is 0 Å². The van der Waals surface area contributed by atoms with Gasteiger partial charge in [0.2, 0.25) is 0 Å². The molecule has 0 spiro atoms. The van der Waals surface area contributed by atoms with E-state index < -0.39 is 0 Å². The first kappa shape index (κ1) is 10.4. The second kappa shape index (κ2) is 4.58. The molecular formula is C13H14OS. The molecule has 2 rings (SSSR count). The third-order valence-corrected chi connectivity index (χ3v) is 2.92. The number of fused-ring (bicyclic) bond motifs is 1. The van der Waals surface area contributed by atoms with Crippen molar-refractivity contribution in [1.29, 1.82) is 0 Å². The van der Waals surface area contributed by atoms with E-state index in [0.29, 0.717) is 5.75 Å². The Hall–Kier alpha value is -1.15. The average molecular weight is 218 g/mol. The Labute approximate surface area is 95.2 Å². The largest absolute Gasteiger partial charge is 0.508 e. The number of aromatic hydroxyl groups is 1. The van der Waals surface area contributed by atoms with Crippen LogP contribution in [-0.2, 0) is 6.42 Å². The lowest BCUT2D eigenvalue weighted by Crippen LogP contribution is -1.89. The molecule has 0 bridgehead atoms. The molecule has 0 aliphatic carbocycles. The van der Waals surface area contributed by atoms with Crippen LogP contribution in [0.3, 0.4) is 0 Å². The molecule has 0 atom stereocenters. The summed E-state index contributed by atoms with van der Waals surface area (Å²) in [6.07, 6.45) is 1.88. The van der Waals surface area contributed by atoms with Crippen LogP contribution in [-0.4, -0.2) is 10.9 Å². The molecule has 0 amide bonds. The van der Waals surface area contributed by atoms with Gasteiger partial charge < -0.3 is 5.11 Å². The minimum atomic E-state index is 0.399. The van der Waals surface area contributed by atoms with Crippen LogP contribution in [0.2, 0.25) is 0 Å². The molecule has 0 saturated carbocycles. The number of phenolic OH excluding ortho intramolecular Hbond substituents is 1. The van der Waals surface area contributed by atoms with Crippen LogP contribution in [0, 0.1) is 0 Å². The lowest BCUT2D eigenvalue weighted by atomic mass is 10.0. The van der Waals surface area contributed by atoms with E-state index in [1.165, 1.54) is 5.39 Å². The highest BCUT2D eigenvalue weighted by atomic mass is 32.1. The number of aryl methyl sites for hydroxylation is 1. The van der Waals surface area contributed by atoms with Crippen molar-refractivity contribution in [2.75, 3.05) is 5.75 Å². The number of benzene rings is 2. The van der Waals surface area contributed by atoms with Gasteiger partial charge in [-0.15, -0.1) is 0 Å². The molecule has 0 aliphatic rings. The van der Waals surface area contributed by atoms with Gasteiger partial charge in [0.1, 0.15) is 5.75 Å². The maximum Gasteiger partial charge on any atom is 0.119 e. The second-order valence-electron chi connectivity index (χ2n) is 3.61. The van der Waals surface area contributed by atoms with E-state index in [4.69, 9.17) is 0 Å². The van der Waals surface area contributed by atoms with Gasteiger partial charge in [-0.2, -0.15) is 12.6 Å². The van der Waals surface area contributed by atoms with Crippen LogP contribution >= 0.6 is 12.6 Å². The van der Waals surface area contributed by atoms with Gasteiger partial charge in [0.25, 0.3) is 0 Å². The fourth-order valence-electron chi connectivity index (χ4n) is 1.84. The van der Waals surface area contributed by atoms with Crippen molar-refractivity contribution in [3.05, 3.63) is 42.0 Å². The molecule has 2 heteroatoms. The first-order valence-corrected chi connectivity index (χ1v) is 5.76. The molecule has 15 heavy (non-hydrogen) atoms. The lowest BCUT2D eigenvalue weighted by Gasteiger charge is -2.08. The van der Waals surface area contributed by atoms with Crippen LogP contribution < -0.4 is 0 Å². The van der Waals surface area contributed by atoms with Gasteiger partial charge in [0.05, 0.1) is 0 Å². The highest BCUT2D eigenvalue weighted by Crippen LogP contribution is 2.28. The predicted molar refractivity (Wildman–Crippen MR) is 67.8 cm³/mol. The summed E-state index contributed by atoms with van der Waals surface area (Å²) in [6, 6.07) is 11.9. The Balaban J connectivity index is 2.53. The molecule has 0 radical (unpaired) electrons. The predicted octanol–water partition coefficient (Wildman–Crippen LogP) is 3.41. The number of thiol groups is 1. The fraction of sp³-hybridized carbons (Fsp3) is 0.231. The number of rotatable bonds is 3. The van der Waals surface area contributed by atoms with Crippen LogP contribution in [0.15, 0.2) is 36.4 Å². The third-order valence-electron chi connectivity index (χ3n) is 2.60.